The third kappa shape index (κ3) is 2.63. The zero-order valence-corrected chi connectivity index (χ0v) is 13.4. The Kier molecular flexibility index (Phi) is 3.93. The maximum Gasteiger partial charge on any atom is 0.289 e. The van der Waals surface area contributed by atoms with Gasteiger partial charge in [-0.2, -0.15) is 4.39 Å². The molecule has 0 unspecified atom stereocenters. The first-order valence-corrected chi connectivity index (χ1v) is 7.66. The fourth-order valence-corrected chi connectivity index (χ4v) is 3.08. The van der Waals surface area contributed by atoms with Gasteiger partial charge in [-0.1, -0.05) is 15.9 Å². The highest BCUT2D eigenvalue weighted by molar-refractivity contribution is 9.10. The summed E-state index contributed by atoms with van der Waals surface area (Å²) in [6.07, 6.45) is 1.05. The van der Waals surface area contributed by atoms with E-state index in [1.54, 1.807) is 6.07 Å². The molecule has 1 aromatic heterocycles. The zero-order chi connectivity index (χ0) is 16.7. The van der Waals surface area contributed by atoms with Crippen LogP contribution in [0.15, 0.2) is 27.5 Å². The van der Waals surface area contributed by atoms with Crippen molar-refractivity contribution >= 4 is 33.2 Å². The SMILES string of the molecule is NC(=O)c1c(Nc2ccc(Br)cc2F)c(F)c(=O)n2c1CCC2. The van der Waals surface area contributed by atoms with E-state index in [4.69, 9.17) is 5.73 Å². The van der Waals surface area contributed by atoms with Gasteiger partial charge in [0.2, 0.25) is 5.82 Å². The molecule has 1 amide bonds. The smallest absolute Gasteiger partial charge is 0.289 e. The number of primary amides is 1. The lowest BCUT2D eigenvalue weighted by Crippen LogP contribution is -2.29. The molecule has 2 heterocycles. The van der Waals surface area contributed by atoms with Crippen LogP contribution in [-0.4, -0.2) is 10.5 Å². The lowest BCUT2D eigenvalue weighted by Gasteiger charge is -2.16. The maximum atomic E-state index is 14.4. The summed E-state index contributed by atoms with van der Waals surface area (Å²) in [5.74, 6) is -2.67. The molecule has 8 heteroatoms. The van der Waals surface area contributed by atoms with Crippen LogP contribution < -0.4 is 16.6 Å². The molecule has 5 nitrogen and oxygen atoms in total. The maximum absolute atomic E-state index is 14.4. The second kappa shape index (κ2) is 5.77. The number of fused-ring (bicyclic) bond motifs is 1. The number of nitrogens with zero attached hydrogens (tertiary/aromatic N) is 1. The number of carbonyl (C=O) groups is 1. The highest BCUT2D eigenvalue weighted by Crippen LogP contribution is 2.30. The molecule has 23 heavy (non-hydrogen) atoms. The number of pyridine rings is 1. The summed E-state index contributed by atoms with van der Waals surface area (Å²) < 4.78 is 30.1. The Morgan fingerprint density at radius 2 is 2.09 bits per heavy atom. The van der Waals surface area contributed by atoms with Gasteiger partial charge in [0, 0.05) is 16.7 Å². The van der Waals surface area contributed by atoms with E-state index in [0.717, 1.165) is 0 Å². The minimum atomic E-state index is -1.15. The van der Waals surface area contributed by atoms with E-state index in [-0.39, 0.29) is 16.9 Å². The number of nitrogens with two attached hydrogens (primary N) is 1. The molecule has 0 bridgehead atoms. The quantitative estimate of drug-likeness (QED) is 0.855. The molecule has 1 aliphatic heterocycles. The summed E-state index contributed by atoms with van der Waals surface area (Å²) in [7, 11) is 0. The number of amides is 1. The van der Waals surface area contributed by atoms with E-state index in [0.29, 0.717) is 29.6 Å². The Balaban J connectivity index is 2.21. The molecule has 0 saturated heterocycles. The topological polar surface area (TPSA) is 77.1 Å². The average Bonchev–Trinajstić information content (AvgIpc) is 2.96. The number of rotatable bonds is 3. The lowest BCUT2D eigenvalue weighted by atomic mass is 10.1. The van der Waals surface area contributed by atoms with Crippen LogP contribution in [0.4, 0.5) is 20.2 Å². The first-order chi connectivity index (χ1) is 10.9. The van der Waals surface area contributed by atoms with Crippen molar-refractivity contribution in [2.75, 3.05) is 5.32 Å². The molecule has 3 rings (SSSR count). The Morgan fingerprint density at radius 1 is 1.35 bits per heavy atom. The number of anilines is 2. The van der Waals surface area contributed by atoms with Crippen LogP contribution in [0.1, 0.15) is 22.5 Å². The monoisotopic (exact) mass is 383 g/mol. The second-order valence-electron chi connectivity index (χ2n) is 5.18. The Labute approximate surface area is 138 Å². The van der Waals surface area contributed by atoms with Crippen molar-refractivity contribution in [2.45, 2.75) is 19.4 Å². The van der Waals surface area contributed by atoms with Crippen molar-refractivity contribution in [3.8, 4) is 0 Å². The van der Waals surface area contributed by atoms with Crippen molar-refractivity contribution in [1.29, 1.82) is 0 Å². The van der Waals surface area contributed by atoms with Gasteiger partial charge in [0.1, 0.15) is 5.82 Å². The first-order valence-electron chi connectivity index (χ1n) is 6.87. The van der Waals surface area contributed by atoms with Crippen molar-refractivity contribution in [2.24, 2.45) is 5.73 Å². The highest BCUT2D eigenvalue weighted by Gasteiger charge is 2.28. The van der Waals surface area contributed by atoms with Crippen LogP contribution in [0.2, 0.25) is 0 Å². The van der Waals surface area contributed by atoms with Gasteiger partial charge < -0.3 is 15.6 Å². The Bertz CT molecular complexity index is 880. The van der Waals surface area contributed by atoms with Crippen molar-refractivity contribution in [3.63, 3.8) is 0 Å². The Morgan fingerprint density at radius 3 is 2.74 bits per heavy atom. The molecule has 2 aromatic rings. The van der Waals surface area contributed by atoms with Crippen LogP contribution in [0.25, 0.3) is 0 Å². The number of carbonyl (C=O) groups excluding carboxylic acids is 1. The van der Waals surface area contributed by atoms with Crippen LogP contribution in [0, 0.1) is 11.6 Å². The van der Waals surface area contributed by atoms with Crippen LogP contribution in [0.5, 0.6) is 0 Å². The molecule has 0 fully saturated rings. The highest BCUT2D eigenvalue weighted by atomic mass is 79.9. The summed E-state index contributed by atoms with van der Waals surface area (Å²) in [6, 6.07) is 4.10. The molecule has 1 aliphatic rings. The summed E-state index contributed by atoms with van der Waals surface area (Å²) >= 11 is 3.12. The zero-order valence-electron chi connectivity index (χ0n) is 11.8. The van der Waals surface area contributed by atoms with Gasteiger partial charge in [-0.05, 0) is 31.0 Å². The van der Waals surface area contributed by atoms with Gasteiger partial charge in [0.15, 0.2) is 0 Å². The molecule has 0 atom stereocenters. The number of benzene rings is 1. The number of halogens is 3. The standard InChI is InChI=1S/C15H12BrF2N3O2/c16-7-3-4-9(8(17)6-7)20-13-11(14(19)22)10-2-1-5-21(10)15(23)12(13)18/h3-4,6,20H,1-2,5H2,(H2,19,22). The van der Waals surface area contributed by atoms with Gasteiger partial charge in [0.05, 0.1) is 16.9 Å². The van der Waals surface area contributed by atoms with Crippen LogP contribution in [0.3, 0.4) is 0 Å². The Hall–Kier alpha value is -2.22. The van der Waals surface area contributed by atoms with E-state index < -0.39 is 23.1 Å². The molecule has 0 spiro atoms. The van der Waals surface area contributed by atoms with Crippen LogP contribution >= 0.6 is 15.9 Å². The van der Waals surface area contributed by atoms with Crippen molar-refractivity contribution in [3.05, 3.63) is 55.9 Å². The average molecular weight is 384 g/mol. The van der Waals surface area contributed by atoms with Crippen LogP contribution in [-0.2, 0) is 13.0 Å². The predicted molar refractivity (Wildman–Crippen MR) is 84.9 cm³/mol. The molecule has 0 radical (unpaired) electrons. The molecule has 120 valence electrons. The second-order valence-corrected chi connectivity index (χ2v) is 6.10. The van der Waals surface area contributed by atoms with Gasteiger partial charge in [-0.3, -0.25) is 9.59 Å². The van der Waals surface area contributed by atoms with Gasteiger partial charge in [-0.15, -0.1) is 0 Å². The summed E-state index contributed by atoms with van der Waals surface area (Å²) in [5, 5.41) is 2.50. The summed E-state index contributed by atoms with van der Waals surface area (Å²) in [5.41, 5.74) is 4.35. The van der Waals surface area contributed by atoms with E-state index >= 15 is 0 Å². The molecule has 0 saturated carbocycles. The van der Waals surface area contributed by atoms with Gasteiger partial charge >= 0.3 is 0 Å². The summed E-state index contributed by atoms with van der Waals surface area (Å²) in [4.78, 5) is 23.9. The summed E-state index contributed by atoms with van der Waals surface area (Å²) in [6.45, 7) is 0.332. The third-order valence-corrected chi connectivity index (χ3v) is 4.24. The largest absolute Gasteiger partial charge is 0.365 e. The number of hydrogen-bond donors (Lipinski definition) is 2. The molecular weight excluding hydrogens is 372 g/mol. The number of aromatic nitrogens is 1. The van der Waals surface area contributed by atoms with Gasteiger partial charge in [0.25, 0.3) is 11.5 Å². The molecule has 1 aromatic carbocycles. The fourth-order valence-electron chi connectivity index (χ4n) is 2.75. The van der Waals surface area contributed by atoms with E-state index in [1.165, 1.54) is 16.7 Å². The lowest BCUT2D eigenvalue weighted by molar-refractivity contribution is 0.0999. The molecule has 3 N–H and O–H groups in total. The van der Waals surface area contributed by atoms with E-state index in [9.17, 15) is 18.4 Å². The third-order valence-electron chi connectivity index (χ3n) is 3.75. The first kappa shape index (κ1) is 15.7. The number of hydrogen-bond acceptors (Lipinski definition) is 3. The normalized spacial score (nSPS) is 13.0. The molecule has 0 aliphatic carbocycles. The minimum absolute atomic E-state index is 0.0584. The fraction of sp³-hybridized carbons (Fsp3) is 0.200. The van der Waals surface area contributed by atoms with Crippen molar-refractivity contribution in [1.82, 2.24) is 4.57 Å². The van der Waals surface area contributed by atoms with Crippen molar-refractivity contribution < 1.29 is 13.6 Å². The predicted octanol–water partition coefficient (Wildman–Crippen LogP) is 2.68. The van der Waals surface area contributed by atoms with Gasteiger partial charge in [-0.25, -0.2) is 4.39 Å². The van der Waals surface area contributed by atoms with E-state index in [1.807, 2.05) is 0 Å². The van der Waals surface area contributed by atoms with E-state index in [2.05, 4.69) is 21.2 Å². The molecular formula is C15H12BrF2N3O2. The minimum Gasteiger partial charge on any atom is -0.365 e. The number of nitrogens with one attached hydrogen (secondary N) is 1.